The number of aliphatic hydroxyl groups is 1. The zero-order chi connectivity index (χ0) is 7.40. The number of aliphatic hydroxyl groups excluding tert-OH is 1. The monoisotopic (exact) mass is 137 g/mol. The van der Waals surface area contributed by atoms with Gasteiger partial charge in [-0.15, -0.1) is 0 Å². The van der Waals surface area contributed by atoms with Gasteiger partial charge in [0, 0.05) is 0 Å². The fraction of sp³-hybridized carbons (Fsp3) is 0.444. The van der Waals surface area contributed by atoms with Crippen LogP contribution < -0.4 is 0 Å². The van der Waals surface area contributed by atoms with E-state index >= 15 is 0 Å². The summed E-state index contributed by atoms with van der Waals surface area (Å²) >= 11 is 0. The van der Waals surface area contributed by atoms with E-state index < -0.39 is 0 Å². The standard InChI is InChI=1S/C9H13O/c1-2-8-5-3-4-6-9(8)7-10/h3,5-6,10H,2,4,7H2,1H3. The lowest BCUT2D eigenvalue weighted by molar-refractivity contribution is 0.332. The molecule has 1 N–H and O–H groups in total. The third-order valence-electron chi connectivity index (χ3n) is 1.78. The fourth-order valence-electron chi connectivity index (χ4n) is 1.17. The molecule has 0 bridgehead atoms. The van der Waals surface area contributed by atoms with Gasteiger partial charge >= 0.3 is 0 Å². The molecule has 0 amide bonds. The first-order valence-corrected chi connectivity index (χ1v) is 3.71. The molecule has 1 aliphatic carbocycles. The molecule has 0 unspecified atom stereocenters. The molecule has 0 aromatic rings. The van der Waals surface area contributed by atoms with E-state index in [-0.39, 0.29) is 6.61 Å². The first-order valence-electron chi connectivity index (χ1n) is 3.71. The van der Waals surface area contributed by atoms with E-state index in [2.05, 4.69) is 25.5 Å². The van der Waals surface area contributed by atoms with Crippen LogP contribution in [-0.4, -0.2) is 11.7 Å². The van der Waals surface area contributed by atoms with Crippen molar-refractivity contribution in [1.82, 2.24) is 0 Å². The van der Waals surface area contributed by atoms with Crippen LogP contribution in [0.1, 0.15) is 19.8 Å². The normalized spacial score (nSPS) is 18.2. The summed E-state index contributed by atoms with van der Waals surface area (Å²) in [5.74, 6) is 0. The highest BCUT2D eigenvalue weighted by Gasteiger charge is 2.04. The number of rotatable bonds is 2. The van der Waals surface area contributed by atoms with E-state index in [0.29, 0.717) is 0 Å². The molecule has 0 heterocycles. The summed E-state index contributed by atoms with van der Waals surface area (Å²) in [6, 6.07) is 0. The average Bonchev–Trinajstić information content (AvgIpc) is 2.04. The van der Waals surface area contributed by atoms with Crippen molar-refractivity contribution in [3.63, 3.8) is 0 Å². The topological polar surface area (TPSA) is 20.2 Å². The predicted octanol–water partition coefficient (Wildman–Crippen LogP) is 1.85. The van der Waals surface area contributed by atoms with Crippen LogP contribution in [0, 0.1) is 6.42 Å². The van der Waals surface area contributed by atoms with E-state index in [4.69, 9.17) is 5.11 Å². The van der Waals surface area contributed by atoms with Crippen molar-refractivity contribution in [1.29, 1.82) is 0 Å². The van der Waals surface area contributed by atoms with Crippen LogP contribution in [0.2, 0.25) is 0 Å². The minimum atomic E-state index is 0.188. The lowest BCUT2D eigenvalue weighted by atomic mass is 9.97. The van der Waals surface area contributed by atoms with Crippen molar-refractivity contribution in [2.45, 2.75) is 19.8 Å². The average molecular weight is 137 g/mol. The van der Waals surface area contributed by atoms with E-state index in [1.807, 2.05) is 0 Å². The minimum absolute atomic E-state index is 0.188. The maximum atomic E-state index is 8.87. The van der Waals surface area contributed by atoms with Crippen molar-refractivity contribution in [2.24, 2.45) is 0 Å². The van der Waals surface area contributed by atoms with Gasteiger partial charge in [0.1, 0.15) is 0 Å². The molecule has 0 aliphatic heterocycles. The van der Waals surface area contributed by atoms with Crippen LogP contribution in [0.4, 0.5) is 0 Å². The van der Waals surface area contributed by atoms with Crippen LogP contribution in [0.5, 0.6) is 0 Å². The number of hydrogen-bond acceptors (Lipinski definition) is 1. The van der Waals surface area contributed by atoms with E-state index in [1.165, 1.54) is 5.57 Å². The maximum Gasteiger partial charge on any atom is 0.0681 e. The Labute approximate surface area is 62.1 Å². The van der Waals surface area contributed by atoms with Crippen molar-refractivity contribution < 1.29 is 5.11 Å². The molecular weight excluding hydrogens is 124 g/mol. The van der Waals surface area contributed by atoms with Gasteiger partial charge in [0.25, 0.3) is 0 Å². The Morgan fingerprint density at radius 3 is 2.80 bits per heavy atom. The van der Waals surface area contributed by atoms with Gasteiger partial charge in [-0.1, -0.05) is 19.1 Å². The van der Waals surface area contributed by atoms with Gasteiger partial charge in [0.05, 0.1) is 6.61 Å². The third-order valence-corrected chi connectivity index (χ3v) is 1.78. The summed E-state index contributed by atoms with van der Waals surface area (Å²) in [6.07, 6.45) is 8.30. The molecule has 55 valence electrons. The van der Waals surface area contributed by atoms with Crippen molar-refractivity contribution in [3.05, 3.63) is 29.7 Å². The van der Waals surface area contributed by atoms with Crippen LogP contribution in [0.15, 0.2) is 23.3 Å². The Morgan fingerprint density at radius 2 is 2.30 bits per heavy atom. The fourth-order valence-corrected chi connectivity index (χ4v) is 1.17. The lowest BCUT2D eigenvalue weighted by Gasteiger charge is -2.11. The van der Waals surface area contributed by atoms with E-state index in [1.54, 1.807) is 0 Å². The maximum absolute atomic E-state index is 8.87. The highest BCUT2D eigenvalue weighted by molar-refractivity contribution is 5.36. The largest absolute Gasteiger partial charge is 0.392 e. The molecule has 0 aromatic heterocycles. The van der Waals surface area contributed by atoms with Crippen molar-refractivity contribution >= 4 is 0 Å². The van der Waals surface area contributed by atoms with E-state index in [9.17, 15) is 0 Å². The minimum Gasteiger partial charge on any atom is -0.392 e. The summed E-state index contributed by atoms with van der Waals surface area (Å²) < 4.78 is 0. The highest BCUT2D eigenvalue weighted by Crippen LogP contribution is 2.19. The van der Waals surface area contributed by atoms with Gasteiger partial charge in [-0.3, -0.25) is 0 Å². The zero-order valence-electron chi connectivity index (χ0n) is 6.30. The Hall–Kier alpha value is -0.560. The summed E-state index contributed by atoms with van der Waals surface area (Å²) in [5, 5.41) is 8.87. The molecule has 1 rings (SSSR count). The Morgan fingerprint density at radius 1 is 1.50 bits per heavy atom. The van der Waals surface area contributed by atoms with Crippen LogP contribution in [0.3, 0.4) is 0 Å². The third kappa shape index (κ3) is 1.48. The molecule has 0 saturated carbocycles. The molecular formula is C9H13O. The summed E-state index contributed by atoms with van der Waals surface area (Å²) in [6.45, 7) is 2.29. The van der Waals surface area contributed by atoms with Crippen molar-refractivity contribution in [2.75, 3.05) is 6.61 Å². The molecule has 0 atom stereocenters. The van der Waals surface area contributed by atoms with Gasteiger partial charge in [-0.05, 0) is 30.4 Å². The molecule has 10 heavy (non-hydrogen) atoms. The van der Waals surface area contributed by atoms with Crippen molar-refractivity contribution in [3.8, 4) is 0 Å². The van der Waals surface area contributed by atoms with Gasteiger partial charge in [-0.2, -0.15) is 0 Å². The quantitative estimate of drug-likeness (QED) is 0.615. The number of allylic oxidation sites excluding steroid dienone is 2. The molecule has 0 saturated heterocycles. The molecule has 0 spiro atoms. The SMILES string of the molecule is CCC1=C[CH]CC=C1CO. The van der Waals surface area contributed by atoms with Crippen LogP contribution in [0.25, 0.3) is 0 Å². The molecule has 1 nitrogen and oxygen atoms in total. The Bertz CT molecular complexity index is 146. The van der Waals surface area contributed by atoms with Crippen LogP contribution >= 0.6 is 0 Å². The first kappa shape index (κ1) is 7.55. The zero-order valence-corrected chi connectivity index (χ0v) is 6.30. The molecule has 1 aliphatic rings. The van der Waals surface area contributed by atoms with Gasteiger partial charge in [0.15, 0.2) is 0 Å². The second kappa shape index (κ2) is 3.57. The van der Waals surface area contributed by atoms with Gasteiger partial charge in [0.2, 0.25) is 0 Å². The first-order chi connectivity index (χ1) is 4.88. The predicted molar refractivity (Wildman–Crippen MR) is 42.5 cm³/mol. The highest BCUT2D eigenvalue weighted by atomic mass is 16.3. The summed E-state index contributed by atoms with van der Waals surface area (Å²) in [4.78, 5) is 0. The number of hydrogen-bond donors (Lipinski definition) is 1. The smallest absolute Gasteiger partial charge is 0.0681 e. The Kier molecular flexibility index (Phi) is 2.69. The molecule has 0 aromatic carbocycles. The molecule has 1 heteroatoms. The summed E-state index contributed by atoms with van der Waals surface area (Å²) in [5.41, 5.74) is 2.37. The second-order valence-electron chi connectivity index (χ2n) is 2.40. The molecule has 0 fully saturated rings. The second-order valence-corrected chi connectivity index (χ2v) is 2.40. The Balaban J connectivity index is 2.67. The van der Waals surface area contributed by atoms with Gasteiger partial charge < -0.3 is 5.11 Å². The van der Waals surface area contributed by atoms with Crippen LogP contribution in [-0.2, 0) is 0 Å². The summed E-state index contributed by atoms with van der Waals surface area (Å²) in [7, 11) is 0. The lowest BCUT2D eigenvalue weighted by Crippen LogP contribution is -1.98. The van der Waals surface area contributed by atoms with E-state index in [0.717, 1.165) is 18.4 Å². The van der Waals surface area contributed by atoms with Gasteiger partial charge in [-0.25, -0.2) is 0 Å². The molecule has 1 radical (unpaired) electrons.